The van der Waals surface area contributed by atoms with Crippen LogP contribution in [-0.2, 0) is 4.79 Å². The van der Waals surface area contributed by atoms with Crippen molar-refractivity contribution in [1.82, 2.24) is 10.3 Å². The van der Waals surface area contributed by atoms with Gasteiger partial charge in [0, 0.05) is 25.0 Å². The van der Waals surface area contributed by atoms with Crippen molar-refractivity contribution in [3.8, 4) is 0 Å². The van der Waals surface area contributed by atoms with Crippen molar-refractivity contribution in [2.24, 2.45) is 0 Å². The number of carbonyl (C=O) groups is 1. The summed E-state index contributed by atoms with van der Waals surface area (Å²) in [7, 11) is 0. The van der Waals surface area contributed by atoms with Gasteiger partial charge in [-0.3, -0.25) is 9.78 Å². The predicted molar refractivity (Wildman–Crippen MR) is 79.0 cm³/mol. The molecule has 1 N–H and O–H groups in total. The van der Waals surface area contributed by atoms with Crippen LogP contribution in [0.4, 0.5) is 0 Å². The molecule has 1 amide bonds. The van der Waals surface area contributed by atoms with Gasteiger partial charge in [0.1, 0.15) is 0 Å². The molecule has 98 valence electrons. The number of nitrogens with zero attached hydrogens (tertiary/aromatic N) is 1. The first-order valence-electron chi connectivity index (χ1n) is 6.14. The SMILES string of the molecule is C[C@@H](CNC(=O)/C=C/c1cccnc1)c1ccsc1. The lowest BCUT2D eigenvalue weighted by Crippen LogP contribution is -2.25. The van der Waals surface area contributed by atoms with Crippen LogP contribution >= 0.6 is 11.3 Å². The van der Waals surface area contributed by atoms with E-state index in [9.17, 15) is 4.79 Å². The molecule has 4 heteroatoms. The van der Waals surface area contributed by atoms with E-state index < -0.39 is 0 Å². The van der Waals surface area contributed by atoms with E-state index >= 15 is 0 Å². The van der Waals surface area contributed by atoms with Crippen molar-refractivity contribution < 1.29 is 4.79 Å². The van der Waals surface area contributed by atoms with E-state index in [-0.39, 0.29) is 5.91 Å². The van der Waals surface area contributed by atoms with E-state index in [1.165, 1.54) is 11.6 Å². The van der Waals surface area contributed by atoms with Gasteiger partial charge in [-0.15, -0.1) is 0 Å². The number of thiophene rings is 1. The molecule has 0 aliphatic heterocycles. The summed E-state index contributed by atoms with van der Waals surface area (Å²) in [5.74, 6) is 0.257. The summed E-state index contributed by atoms with van der Waals surface area (Å²) in [5.41, 5.74) is 2.19. The highest BCUT2D eigenvalue weighted by atomic mass is 32.1. The van der Waals surface area contributed by atoms with Crippen molar-refractivity contribution in [3.05, 3.63) is 58.6 Å². The summed E-state index contributed by atoms with van der Waals surface area (Å²) in [6.07, 6.45) is 6.73. The largest absolute Gasteiger partial charge is 0.352 e. The number of nitrogens with one attached hydrogen (secondary N) is 1. The van der Waals surface area contributed by atoms with Gasteiger partial charge in [-0.05, 0) is 46.0 Å². The zero-order valence-electron chi connectivity index (χ0n) is 10.7. The molecular formula is C15H16N2OS. The fourth-order valence-electron chi connectivity index (χ4n) is 1.63. The minimum atomic E-state index is -0.0778. The Morgan fingerprint density at radius 3 is 3.11 bits per heavy atom. The number of pyridine rings is 1. The molecule has 0 fully saturated rings. The summed E-state index contributed by atoms with van der Waals surface area (Å²) in [6.45, 7) is 2.75. The Morgan fingerprint density at radius 1 is 1.53 bits per heavy atom. The van der Waals surface area contributed by atoms with Crippen molar-refractivity contribution >= 4 is 23.3 Å². The number of hydrogen-bond acceptors (Lipinski definition) is 3. The average Bonchev–Trinajstić information content (AvgIpc) is 2.98. The maximum absolute atomic E-state index is 11.7. The van der Waals surface area contributed by atoms with Crippen LogP contribution < -0.4 is 5.32 Å². The molecule has 2 heterocycles. The van der Waals surface area contributed by atoms with Gasteiger partial charge in [-0.2, -0.15) is 11.3 Å². The molecule has 0 unspecified atom stereocenters. The van der Waals surface area contributed by atoms with Crippen molar-refractivity contribution in [2.75, 3.05) is 6.54 Å². The van der Waals surface area contributed by atoms with Crippen LogP contribution in [0.25, 0.3) is 6.08 Å². The maximum Gasteiger partial charge on any atom is 0.244 e. The third-order valence-corrected chi connectivity index (χ3v) is 3.51. The lowest BCUT2D eigenvalue weighted by atomic mass is 10.1. The van der Waals surface area contributed by atoms with E-state index in [0.717, 1.165) is 5.56 Å². The molecule has 0 aromatic carbocycles. The lowest BCUT2D eigenvalue weighted by molar-refractivity contribution is -0.116. The number of rotatable bonds is 5. The standard InChI is InChI=1S/C15H16N2OS/c1-12(14-6-8-19-11-14)9-17-15(18)5-4-13-3-2-7-16-10-13/h2-8,10-12H,9H2,1H3,(H,17,18)/b5-4+/t12-/m0/s1. The van der Waals surface area contributed by atoms with Crippen molar-refractivity contribution in [3.63, 3.8) is 0 Å². The highest BCUT2D eigenvalue weighted by molar-refractivity contribution is 7.07. The monoisotopic (exact) mass is 272 g/mol. The molecule has 2 aromatic heterocycles. The predicted octanol–water partition coefficient (Wildman–Crippen LogP) is 3.08. The van der Waals surface area contributed by atoms with Gasteiger partial charge >= 0.3 is 0 Å². The zero-order valence-corrected chi connectivity index (χ0v) is 11.6. The number of aromatic nitrogens is 1. The van der Waals surface area contributed by atoms with E-state index in [4.69, 9.17) is 0 Å². The van der Waals surface area contributed by atoms with Gasteiger partial charge in [0.05, 0.1) is 0 Å². The molecular weight excluding hydrogens is 256 g/mol. The van der Waals surface area contributed by atoms with Crippen LogP contribution in [0, 0.1) is 0 Å². The van der Waals surface area contributed by atoms with Crippen molar-refractivity contribution in [2.45, 2.75) is 12.8 Å². The third kappa shape index (κ3) is 4.34. The Hall–Kier alpha value is -1.94. The maximum atomic E-state index is 11.7. The summed E-state index contributed by atoms with van der Waals surface area (Å²) >= 11 is 1.68. The van der Waals surface area contributed by atoms with Crippen LogP contribution in [0.2, 0.25) is 0 Å². The topological polar surface area (TPSA) is 42.0 Å². The van der Waals surface area contributed by atoms with E-state index in [2.05, 4.69) is 34.1 Å². The van der Waals surface area contributed by atoms with Gasteiger partial charge in [-0.25, -0.2) is 0 Å². The summed E-state index contributed by atoms with van der Waals surface area (Å²) in [5, 5.41) is 7.06. The molecule has 0 spiro atoms. The van der Waals surface area contributed by atoms with Crippen LogP contribution in [0.5, 0.6) is 0 Å². The molecule has 0 bridgehead atoms. The minimum Gasteiger partial charge on any atom is -0.352 e. The molecule has 19 heavy (non-hydrogen) atoms. The normalized spacial score (nSPS) is 12.5. The zero-order chi connectivity index (χ0) is 13.5. The Balaban J connectivity index is 1.80. The van der Waals surface area contributed by atoms with Crippen LogP contribution in [0.15, 0.2) is 47.4 Å². The molecule has 0 saturated carbocycles. The molecule has 1 atom stereocenters. The second-order valence-electron chi connectivity index (χ2n) is 4.32. The Kier molecular flexibility index (Phi) is 4.86. The highest BCUT2D eigenvalue weighted by Gasteiger charge is 2.06. The average molecular weight is 272 g/mol. The van der Waals surface area contributed by atoms with Crippen LogP contribution in [-0.4, -0.2) is 17.4 Å². The van der Waals surface area contributed by atoms with Crippen molar-refractivity contribution in [1.29, 1.82) is 0 Å². The second-order valence-corrected chi connectivity index (χ2v) is 5.10. The fourth-order valence-corrected chi connectivity index (χ4v) is 2.41. The Labute approximate surface area is 117 Å². The molecule has 0 aliphatic rings. The van der Waals surface area contributed by atoms with E-state index in [1.54, 1.807) is 29.8 Å². The summed E-state index contributed by atoms with van der Waals surface area (Å²) in [6, 6.07) is 5.84. The third-order valence-electron chi connectivity index (χ3n) is 2.81. The van der Waals surface area contributed by atoms with Gasteiger partial charge in [0.15, 0.2) is 0 Å². The van der Waals surface area contributed by atoms with Gasteiger partial charge in [-0.1, -0.05) is 13.0 Å². The number of amides is 1. The van der Waals surface area contributed by atoms with Crippen LogP contribution in [0.3, 0.4) is 0 Å². The molecule has 3 nitrogen and oxygen atoms in total. The molecule has 0 saturated heterocycles. The Morgan fingerprint density at radius 2 is 2.42 bits per heavy atom. The molecule has 2 rings (SSSR count). The number of carbonyl (C=O) groups excluding carboxylic acids is 1. The first-order valence-corrected chi connectivity index (χ1v) is 7.08. The van der Waals surface area contributed by atoms with Gasteiger partial charge in [0.25, 0.3) is 0 Å². The van der Waals surface area contributed by atoms with E-state index in [0.29, 0.717) is 12.5 Å². The smallest absolute Gasteiger partial charge is 0.244 e. The fraction of sp³-hybridized carbons (Fsp3) is 0.200. The Bertz CT molecular complexity index is 535. The molecule has 0 radical (unpaired) electrons. The quantitative estimate of drug-likeness (QED) is 0.850. The minimum absolute atomic E-state index is 0.0778. The van der Waals surface area contributed by atoms with Crippen LogP contribution in [0.1, 0.15) is 24.0 Å². The van der Waals surface area contributed by atoms with Gasteiger partial charge < -0.3 is 5.32 Å². The van der Waals surface area contributed by atoms with E-state index in [1.807, 2.05) is 12.1 Å². The number of hydrogen-bond donors (Lipinski definition) is 1. The second kappa shape index (κ2) is 6.85. The summed E-state index contributed by atoms with van der Waals surface area (Å²) in [4.78, 5) is 15.7. The lowest BCUT2D eigenvalue weighted by Gasteiger charge is -2.09. The first kappa shape index (κ1) is 13.5. The molecule has 0 aliphatic carbocycles. The summed E-state index contributed by atoms with van der Waals surface area (Å²) < 4.78 is 0. The van der Waals surface area contributed by atoms with Gasteiger partial charge in [0.2, 0.25) is 5.91 Å². The highest BCUT2D eigenvalue weighted by Crippen LogP contribution is 2.16. The first-order chi connectivity index (χ1) is 9.25. The molecule has 2 aromatic rings.